The van der Waals surface area contributed by atoms with Crippen molar-refractivity contribution >= 4 is 11.6 Å². The topological polar surface area (TPSA) is 100 Å². The largest absolute Gasteiger partial charge is 0.493 e. The third-order valence-corrected chi connectivity index (χ3v) is 4.38. The van der Waals surface area contributed by atoms with Crippen molar-refractivity contribution in [3.8, 4) is 23.0 Å². The molecule has 9 heteroatoms. The number of nitro groups is 1. The highest BCUT2D eigenvalue weighted by Crippen LogP contribution is 2.32. The second-order valence-electron chi connectivity index (χ2n) is 6.26. The average Bonchev–Trinajstić information content (AvgIpc) is 2.72. The Morgan fingerprint density at radius 3 is 2.21 bits per heavy atom. The summed E-state index contributed by atoms with van der Waals surface area (Å²) in [6.07, 6.45) is 0. The molecule has 0 aromatic heterocycles. The Morgan fingerprint density at radius 1 is 1.00 bits per heavy atom. The van der Waals surface area contributed by atoms with E-state index in [0.29, 0.717) is 23.8 Å². The normalized spacial score (nSPS) is 10.2. The number of nitrogens with zero attached hydrogens (tertiary/aromatic N) is 2. The van der Waals surface area contributed by atoms with Crippen LogP contribution in [0, 0.1) is 17.0 Å². The highest BCUT2D eigenvalue weighted by Gasteiger charge is 2.17. The summed E-state index contributed by atoms with van der Waals surface area (Å²) in [5.74, 6) is 1.33. The summed E-state index contributed by atoms with van der Waals surface area (Å²) in [6.45, 7) is 1.96. The van der Waals surface area contributed by atoms with E-state index in [1.54, 1.807) is 21.3 Å². The zero-order valence-electron chi connectivity index (χ0n) is 17.1. The van der Waals surface area contributed by atoms with E-state index in [1.807, 2.05) is 19.1 Å². The molecule has 2 rings (SSSR count). The maximum Gasteiger partial charge on any atom is 0.273 e. The van der Waals surface area contributed by atoms with Crippen molar-refractivity contribution in [2.45, 2.75) is 13.5 Å². The van der Waals surface area contributed by atoms with Crippen LogP contribution in [0.1, 0.15) is 11.1 Å². The molecule has 156 valence electrons. The lowest BCUT2D eigenvalue weighted by atomic mass is 10.1. The number of carbonyl (C=O) groups excluding carboxylic acids is 1. The van der Waals surface area contributed by atoms with Gasteiger partial charge in [-0.15, -0.1) is 0 Å². The van der Waals surface area contributed by atoms with Gasteiger partial charge >= 0.3 is 0 Å². The van der Waals surface area contributed by atoms with E-state index in [1.165, 1.54) is 30.2 Å². The molecule has 0 aliphatic carbocycles. The molecule has 0 N–H and O–H groups in total. The van der Waals surface area contributed by atoms with Gasteiger partial charge in [0.25, 0.3) is 11.6 Å². The van der Waals surface area contributed by atoms with E-state index in [4.69, 9.17) is 18.9 Å². The molecule has 0 radical (unpaired) electrons. The van der Waals surface area contributed by atoms with Gasteiger partial charge in [-0.25, -0.2) is 0 Å². The molecule has 0 saturated heterocycles. The number of hydrogen-bond donors (Lipinski definition) is 0. The Bertz CT molecular complexity index is 899. The molecule has 0 heterocycles. The molecule has 2 aromatic carbocycles. The van der Waals surface area contributed by atoms with Crippen LogP contribution in [-0.4, -0.2) is 50.7 Å². The van der Waals surface area contributed by atoms with Crippen molar-refractivity contribution in [2.75, 3.05) is 35.0 Å². The maximum absolute atomic E-state index is 12.5. The van der Waals surface area contributed by atoms with Crippen molar-refractivity contribution < 1.29 is 28.7 Å². The minimum absolute atomic E-state index is 0.130. The number of methoxy groups -OCH3 is 3. The molecule has 0 aliphatic rings. The fraction of sp³-hybridized carbons (Fsp3) is 0.350. The van der Waals surface area contributed by atoms with Gasteiger partial charge in [-0.2, -0.15) is 0 Å². The lowest BCUT2D eigenvalue weighted by Gasteiger charge is -2.20. The molecule has 0 fully saturated rings. The van der Waals surface area contributed by atoms with Crippen LogP contribution in [0.4, 0.5) is 5.69 Å². The average molecular weight is 404 g/mol. The van der Waals surface area contributed by atoms with Crippen LogP contribution in [-0.2, 0) is 11.3 Å². The van der Waals surface area contributed by atoms with Gasteiger partial charge in [0.15, 0.2) is 29.6 Å². The summed E-state index contributed by atoms with van der Waals surface area (Å²) >= 11 is 0. The van der Waals surface area contributed by atoms with E-state index in [9.17, 15) is 14.9 Å². The summed E-state index contributed by atoms with van der Waals surface area (Å²) in [7, 11) is 6.17. The van der Waals surface area contributed by atoms with Crippen LogP contribution in [0.5, 0.6) is 23.0 Å². The third-order valence-electron chi connectivity index (χ3n) is 4.38. The van der Waals surface area contributed by atoms with Gasteiger partial charge in [-0.05, 0) is 36.2 Å². The van der Waals surface area contributed by atoms with E-state index in [0.717, 1.165) is 11.1 Å². The van der Waals surface area contributed by atoms with Gasteiger partial charge in [0, 0.05) is 19.7 Å². The molecule has 2 aromatic rings. The first kappa shape index (κ1) is 21.8. The van der Waals surface area contributed by atoms with E-state index >= 15 is 0 Å². The minimum atomic E-state index is -0.542. The van der Waals surface area contributed by atoms with Gasteiger partial charge < -0.3 is 23.8 Å². The number of aryl methyl sites for hydroxylation is 1. The number of hydrogen-bond acceptors (Lipinski definition) is 7. The summed E-state index contributed by atoms with van der Waals surface area (Å²) in [6, 6.07) is 7.62. The van der Waals surface area contributed by atoms with Crippen molar-refractivity contribution in [3.05, 3.63) is 51.6 Å². The van der Waals surface area contributed by atoms with Crippen LogP contribution in [0.3, 0.4) is 0 Å². The van der Waals surface area contributed by atoms with Crippen molar-refractivity contribution in [1.82, 2.24) is 4.90 Å². The number of likely N-dealkylation sites (N-methyl/N-ethyl adjacent to an activating group) is 1. The molecule has 29 heavy (non-hydrogen) atoms. The second kappa shape index (κ2) is 9.63. The van der Waals surface area contributed by atoms with Gasteiger partial charge in [0.1, 0.15) is 0 Å². The highest BCUT2D eigenvalue weighted by molar-refractivity contribution is 5.77. The standard InChI is InChI=1S/C20H24N2O7/c1-13-8-17(27-4)18(28-5)9-14(13)11-21(2)20(23)12-29-19-10-15(22(24)25)6-7-16(19)26-3/h6-10H,11-12H2,1-5H3. The predicted octanol–water partition coefficient (Wildman–Crippen LogP) is 2.97. The zero-order chi connectivity index (χ0) is 21.6. The van der Waals surface area contributed by atoms with Gasteiger partial charge in [0.05, 0.1) is 32.3 Å². The SMILES string of the molecule is COc1cc(C)c(CN(C)C(=O)COc2cc([N+](=O)[O-])ccc2OC)cc1OC. The quantitative estimate of drug-likeness (QED) is 0.468. The lowest BCUT2D eigenvalue weighted by molar-refractivity contribution is -0.385. The summed E-state index contributed by atoms with van der Waals surface area (Å²) < 4.78 is 21.2. The number of nitro benzene ring substituents is 1. The Hall–Kier alpha value is -3.49. The van der Waals surface area contributed by atoms with E-state index in [-0.39, 0.29) is 24.0 Å². The predicted molar refractivity (Wildman–Crippen MR) is 106 cm³/mol. The minimum Gasteiger partial charge on any atom is -0.493 e. The lowest BCUT2D eigenvalue weighted by Crippen LogP contribution is -2.31. The number of benzene rings is 2. The Balaban J connectivity index is 2.09. The maximum atomic E-state index is 12.5. The first-order valence-electron chi connectivity index (χ1n) is 8.71. The Kier molecular flexibility index (Phi) is 7.24. The van der Waals surface area contributed by atoms with Gasteiger partial charge in [0.2, 0.25) is 0 Å². The first-order chi connectivity index (χ1) is 13.8. The molecular formula is C20H24N2O7. The molecule has 1 amide bonds. The monoisotopic (exact) mass is 404 g/mol. The number of amides is 1. The number of carbonyl (C=O) groups is 1. The third kappa shape index (κ3) is 5.28. The van der Waals surface area contributed by atoms with E-state index < -0.39 is 4.92 Å². The number of non-ortho nitro benzene ring substituents is 1. The highest BCUT2D eigenvalue weighted by atomic mass is 16.6. The van der Waals surface area contributed by atoms with E-state index in [2.05, 4.69) is 0 Å². The molecule has 0 spiro atoms. The molecule has 0 aliphatic heterocycles. The molecule has 9 nitrogen and oxygen atoms in total. The first-order valence-corrected chi connectivity index (χ1v) is 8.71. The fourth-order valence-corrected chi connectivity index (χ4v) is 2.68. The summed E-state index contributed by atoms with van der Waals surface area (Å²) in [4.78, 5) is 24.4. The van der Waals surface area contributed by atoms with Crippen LogP contribution in [0.15, 0.2) is 30.3 Å². The molecule has 0 saturated carbocycles. The molecular weight excluding hydrogens is 380 g/mol. The number of rotatable bonds is 9. The molecule has 0 atom stereocenters. The van der Waals surface area contributed by atoms with Crippen LogP contribution < -0.4 is 18.9 Å². The van der Waals surface area contributed by atoms with Crippen LogP contribution in [0.2, 0.25) is 0 Å². The van der Waals surface area contributed by atoms with Crippen molar-refractivity contribution in [2.24, 2.45) is 0 Å². The van der Waals surface area contributed by atoms with Gasteiger partial charge in [-0.1, -0.05) is 0 Å². The smallest absolute Gasteiger partial charge is 0.273 e. The zero-order valence-corrected chi connectivity index (χ0v) is 17.1. The Morgan fingerprint density at radius 2 is 1.62 bits per heavy atom. The summed E-state index contributed by atoms with van der Waals surface area (Å²) in [5, 5.41) is 10.9. The second-order valence-corrected chi connectivity index (χ2v) is 6.26. The fourth-order valence-electron chi connectivity index (χ4n) is 2.68. The molecule has 0 bridgehead atoms. The number of ether oxygens (including phenoxy) is 4. The van der Waals surface area contributed by atoms with Gasteiger partial charge in [-0.3, -0.25) is 14.9 Å². The summed E-state index contributed by atoms with van der Waals surface area (Å²) in [5.41, 5.74) is 1.69. The van der Waals surface area contributed by atoms with Crippen LogP contribution in [0.25, 0.3) is 0 Å². The molecule has 0 unspecified atom stereocenters. The Labute approximate surface area is 168 Å². The van der Waals surface area contributed by atoms with Crippen LogP contribution >= 0.6 is 0 Å². The van der Waals surface area contributed by atoms with Crippen molar-refractivity contribution in [1.29, 1.82) is 0 Å². The van der Waals surface area contributed by atoms with Crippen molar-refractivity contribution in [3.63, 3.8) is 0 Å².